The molecule has 7 heteroatoms. The van der Waals surface area contributed by atoms with E-state index in [0.29, 0.717) is 49.6 Å². The molecule has 0 bridgehead atoms. The second-order valence-electron chi connectivity index (χ2n) is 7.18. The zero-order valence-corrected chi connectivity index (χ0v) is 16.2. The van der Waals surface area contributed by atoms with Gasteiger partial charge in [-0.15, -0.1) is 0 Å². The maximum absolute atomic E-state index is 13.4. The van der Waals surface area contributed by atoms with Crippen LogP contribution >= 0.6 is 0 Å². The average Bonchev–Trinajstić information content (AvgIpc) is 2.96. The zero-order valence-electron chi connectivity index (χ0n) is 16.2. The third-order valence-electron chi connectivity index (χ3n) is 5.24. The largest absolute Gasteiger partial charge is 0.396 e. The number of imide groups is 1. The summed E-state index contributed by atoms with van der Waals surface area (Å²) in [5.41, 5.74) is 1.22. The summed E-state index contributed by atoms with van der Waals surface area (Å²) in [5.74, 6) is -0.992. The summed E-state index contributed by atoms with van der Waals surface area (Å²) in [5, 5.41) is 9.54. The molecule has 2 aliphatic heterocycles. The number of aliphatic hydroxyl groups excluding tert-OH is 1. The topological polar surface area (TPSA) is 70.1 Å². The van der Waals surface area contributed by atoms with Crippen molar-refractivity contribution >= 4 is 17.4 Å². The molecule has 1 unspecified atom stereocenters. The quantitative estimate of drug-likeness (QED) is 0.543. The van der Waals surface area contributed by atoms with Gasteiger partial charge in [0.05, 0.1) is 5.57 Å². The molecular formula is C21H27FN2O4. The van der Waals surface area contributed by atoms with Gasteiger partial charge < -0.3 is 14.7 Å². The second kappa shape index (κ2) is 9.30. The Kier molecular flexibility index (Phi) is 6.80. The number of aliphatic hydroxyl groups is 1. The highest BCUT2D eigenvalue weighted by molar-refractivity contribution is 6.35. The molecule has 28 heavy (non-hydrogen) atoms. The van der Waals surface area contributed by atoms with Crippen molar-refractivity contribution in [3.63, 3.8) is 0 Å². The Hall–Kier alpha value is -2.25. The minimum absolute atomic E-state index is 0.0515. The first-order chi connectivity index (χ1) is 13.6. The monoisotopic (exact) mass is 390 g/mol. The molecule has 0 saturated carbocycles. The number of benzene rings is 1. The van der Waals surface area contributed by atoms with Gasteiger partial charge in [0.15, 0.2) is 0 Å². The lowest BCUT2D eigenvalue weighted by Crippen LogP contribution is -2.40. The maximum atomic E-state index is 13.4. The number of hydrogen-bond acceptors (Lipinski definition) is 5. The van der Waals surface area contributed by atoms with Gasteiger partial charge in [0, 0.05) is 39.5 Å². The van der Waals surface area contributed by atoms with Crippen LogP contribution in [0.5, 0.6) is 0 Å². The van der Waals surface area contributed by atoms with Crippen LogP contribution in [0.15, 0.2) is 30.0 Å². The smallest absolute Gasteiger partial charge is 0.277 e. The molecule has 2 amide bonds. The van der Waals surface area contributed by atoms with Crippen molar-refractivity contribution in [3.05, 3.63) is 41.3 Å². The molecule has 0 aromatic heterocycles. The van der Waals surface area contributed by atoms with Crippen LogP contribution in [0.2, 0.25) is 0 Å². The number of rotatable bonds is 8. The lowest BCUT2D eigenvalue weighted by molar-refractivity contribution is -0.137. The summed E-state index contributed by atoms with van der Waals surface area (Å²) < 4.78 is 18.7. The van der Waals surface area contributed by atoms with Crippen molar-refractivity contribution in [2.24, 2.45) is 5.92 Å². The molecule has 152 valence electrons. The number of ether oxygens (including phenoxy) is 1. The Labute approximate surface area is 164 Å². The van der Waals surface area contributed by atoms with Gasteiger partial charge in [-0.25, -0.2) is 4.39 Å². The van der Waals surface area contributed by atoms with E-state index in [1.165, 1.54) is 29.2 Å². The van der Waals surface area contributed by atoms with E-state index in [-0.39, 0.29) is 30.9 Å². The fraction of sp³-hybridized carbons (Fsp3) is 0.524. The molecule has 3 rings (SSSR count). The number of hydrogen-bond donors (Lipinski definition) is 1. The highest BCUT2D eigenvalue weighted by Crippen LogP contribution is 2.34. The van der Waals surface area contributed by atoms with E-state index in [1.54, 1.807) is 0 Å². The number of likely N-dealkylation sites (tertiary alicyclic amines) is 1. The normalized spacial score (nSPS) is 20.5. The van der Waals surface area contributed by atoms with Gasteiger partial charge in [0.25, 0.3) is 11.8 Å². The van der Waals surface area contributed by atoms with Crippen LogP contribution in [0.1, 0.15) is 31.7 Å². The lowest BCUT2D eigenvalue weighted by atomic mass is 9.97. The van der Waals surface area contributed by atoms with Gasteiger partial charge in [-0.3, -0.25) is 14.5 Å². The lowest BCUT2D eigenvalue weighted by Gasteiger charge is -2.34. The molecule has 1 fully saturated rings. The number of halogens is 1. The Morgan fingerprint density at radius 3 is 2.64 bits per heavy atom. The number of piperidine rings is 1. The van der Waals surface area contributed by atoms with Crippen LogP contribution in [0.3, 0.4) is 0 Å². The van der Waals surface area contributed by atoms with Crippen LogP contribution in [0.4, 0.5) is 4.39 Å². The van der Waals surface area contributed by atoms with Gasteiger partial charge in [0.1, 0.15) is 11.5 Å². The highest BCUT2D eigenvalue weighted by atomic mass is 19.1. The van der Waals surface area contributed by atoms with Crippen LogP contribution in [0.25, 0.3) is 5.57 Å². The zero-order chi connectivity index (χ0) is 20.1. The molecule has 2 aliphatic rings. The molecule has 1 saturated heterocycles. The Balaban J connectivity index is 1.92. The number of amides is 2. The van der Waals surface area contributed by atoms with Crippen molar-refractivity contribution in [2.75, 3.05) is 39.5 Å². The van der Waals surface area contributed by atoms with Gasteiger partial charge in [-0.05, 0) is 49.8 Å². The van der Waals surface area contributed by atoms with Crippen molar-refractivity contribution in [1.29, 1.82) is 0 Å². The molecule has 1 N–H and O–H groups in total. The van der Waals surface area contributed by atoms with E-state index < -0.39 is 5.82 Å². The van der Waals surface area contributed by atoms with E-state index in [0.717, 1.165) is 12.8 Å². The van der Waals surface area contributed by atoms with Crippen molar-refractivity contribution in [3.8, 4) is 0 Å². The van der Waals surface area contributed by atoms with Crippen molar-refractivity contribution in [2.45, 2.75) is 26.2 Å². The minimum Gasteiger partial charge on any atom is -0.396 e. The Morgan fingerprint density at radius 2 is 1.96 bits per heavy atom. The Morgan fingerprint density at radius 1 is 1.21 bits per heavy atom. The third kappa shape index (κ3) is 4.25. The van der Waals surface area contributed by atoms with E-state index in [9.17, 15) is 19.1 Å². The molecular weight excluding hydrogens is 363 g/mol. The van der Waals surface area contributed by atoms with Gasteiger partial charge >= 0.3 is 0 Å². The highest BCUT2D eigenvalue weighted by Gasteiger charge is 2.42. The number of carbonyl (C=O) groups is 2. The summed E-state index contributed by atoms with van der Waals surface area (Å²) in [7, 11) is 0. The fourth-order valence-electron chi connectivity index (χ4n) is 3.82. The van der Waals surface area contributed by atoms with Crippen LogP contribution in [-0.2, 0) is 14.3 Å². The molecule has 0 aliphatic carbocycles. The van der Waals surface area contributed by atoms with E-state index in [4.69, 9.17) is 4.74 Å². The van der Waals surface area contributed by atoms with E-state index in [2.05, 4.69) is 0 Å². The Bertz CT molecular complexity index is 747. The van der Waals surface area contributed by atoms with Crippen LogP contribution in [0, 0.1) is 11.7 Å². The molecule has 1 atom stereocenters. The van der Waals surface area contributed by atoms with Gasteiger partial charge in [-0.1, -0.05) is 12.1 Å². The molecule has 1 aromatic rings. The molecule has 0 spiro atoms. The van der Waals surface area contributed by atoms with E-state index >= 15 is 0 Å². The van der Waals surface area contributed by atoms with E-state index in [1.807, 2.05) is 11.8 Å². The van der Waals surface area contributed by atoms with Gasteiger partial charge in [0.2, 0.25) is 0 Å². The number of carbonyl (C=O) groups excluding carboxylic acids is 2. The molecule has 6 nitrogen and oxygen atoms in total. The third-order valence-corrected chi connectivity index (χ3v) is 5.24. The predicted molar refractivity (Wildman–Crippen MR) is 103 cm³/mol. The summed E-state index contributed by atoms with van der Waals surface area (Å²) >= 11 is 0. The fourth-order valence-corrected chi connectivity index (χ4v) is 3.82. The molecule has 2 heterocycles. The second-order valence-corrected chi connectivity index (χ2v) is 7.18. The summed E-state index contributed by atoms with van der Waals surface area (Å²) in [4.78, 5) is 29.4. The molecule has 1 aromatic carbocycles. The van der Waals surface area contributed by atoms with Crippen molar-refractivity contribution < 1.29 is 23.8 Å². The first-order valence-corrected chi connectivity index (χ1v) is 9.86. The number of nitrogens with zero attached hydrogens (tertiary/aromatic N) is 2. The summed E-state index contributed by atoms with van der Waals surface area (Å²) in [6.07, 6.45) is 2.30. The minimum atomic E-state index is -0.394. The van der Waals surface area contributed by atoms with Crippen LogP contribution in [-0.4, -0.2) is 66.2 Å². The summed E-state index contributed by atoms with van der Waals surface area (Å²) in [6.45, 7) is 4.48. The predicted octanol–water partition coefficient (Wildman–Crippen LogP) is 2.04. The standard InChI is InChI=1S/C21H27FN2O4/c1-2-28-12-4-11-24-20(26)18(16-6-8-17(22)9-7-16)19(21(24)27)23-10-3-5-15(13-23)14-25/h6-9,15,25H,2-5,10-14H2,1H3. The van der Waals surface area contributed by atoms with Crippen LogP contribution < -0.4 is 0 Å². The summed E-state index contributed by atoms with van der Waals surface area (Å²) in [6, 6.07) is 5.66. The van der Waals surface area contributed by atoms with Crippen molar-refractivity contribution in [1.82, 2.24) is 9.80 Å². The average molecular weight is 390 g/mol. The van der Waals surface area contributed by atoms with Gasteiger partial charge in [-0.2, -0.15) is 0 Å². The first-order valence-electron chi connectivity index (χ1n) is 9.86. The SMILES string of the molecule is CCOCCCN1C(=O)C(c2ccc(F)cc2)=C(N2CCCC(CO)C2)C1=O. The maximum Gasteiger partial charge on any atom is 0.277 e. The molecule has 0 radical (unpaired) electrons. The first kappa shape index (κ1) is 20.5.